The van der Waals surface area contributed by atoms with Gasteiger partial charge in [-0.15, -0.1) is 0 Å². The van der Waals surface area contributed by atoms with Crippen LogP contribution in [0.1, 0.15) is 37.7 Å². The molecule has 5 heteroatoms. The predicted octanol–water partition coefficient (Wildman–Crippen LogP) is 2.03. The van der Waals surface area contributed by atoms with Crippen LogP contribution in [-0.4, -0.2) is 13.0 Å². The second kappa shape index (κ2) is 5.57. The molecule has 0 atom stereocenters. The van der Waals surface area contributed by atoms with Crippen LogP contribution >= 0.6 is 0 Å². The van der Waals surface area contributed by atoms with Crippen LogP contribution in [-0.2, 0) is 10.2 Å². The monoisotopic (exact) mass is 266 g/mol. The molecule has 1 amide bonds. The maximum absolute atomic E-state index is 13.9. The largest absolute Gasteiger partial charge is 0.494 e. The Hall–Kier alpha value is -1.62. The Morgan fingerprint density at radius 2 is 2.05 bits per heavy atom. The van der Waals surface area contributed by atoms with Gasteiger partial charge in [0.2, 0.25) is 5.91 Å². The molecule has 0 aliphatic heterocycles. The molecule has 1 aromatic rings. The highest BCUT2D eigenvalue weighted by Gasteiger charge is 2.41. The Bertz CT molecular complexity index is 471. The molecule has 0 heterocycles. The van der Waals surface area contributed by atoms with Gasteiger partial charge in [0.1, 0.15) is 0 Å². The lowest BCUT2D eigenvalue weighted by Crippen LogP contribution is -2.48. The summed E-state index contributed by atoms with van der Waals surface area (Å²) in [5.74, 6) is 4.80. The molecule has 104 valence electrons. The number of carbonyl (C=O) groups is 1. The fourth-order valence-corrected chi connectivity index (χ4v) is 2.90. The summed E-state index contributed by atoms with van der Waals surface area (Å²) >= 11 is 0. The average Bonchev–Trinajstić information content (AvgIpc) is 2.47. The fraction of sp³-hybridized carbons (Fsp3) is 0.500. The Morgan fingerprint density at radius 3 is 2.58 bits per heavy atom. The molecule has 3 N–H and O–H groups in total. The Kier molecular flexibility index (Phi) is 4.04. The molecule has 0 saturated heterocycles. The number of methoxy groups -OCH3 is 1. The van der Waals surface area contributed by atoms with Crippen molar-refractivity contribution in [3.8, 4) is 5.75 Å². The first-order valence-corrected chi connectivity index (χ1v) is 6.49. The van der Waals surface area contributed by atoms with Crippen LogP contribution in [0.5, 0.6) is 5.75 Å². The van der Waals surface area contributed by atoms with Crippen LogP contribution in [0, 0.1) is 5.82 Å². The van der Waals surface area contributed by atoms with Gasteiger partial charge >= 0.3 is 0 Å². The standard InChI is InChI=1S/C14H19FN2O2/c1-19-12-6-5-10(9-11(12)15)14(13(18)17-16)7-3-2-4-8-14/h5-6,9H,2-4,7-8,16H2,1H3,(H,17,18). The lowest BCUT2D eigenvalue weighted by atomic mass is 9.69. The van der Waals surface area contributed by atoms with Crippen molar-refractivity contribution in [1.29, 1.82) is 0 Å². The number of hydrogen-bond donors (Lipinski definition) is 2. The second-order valence-corrected chi connectivity index (χ2v) is 4.97. The molecule has 1 fully saturated rings. The summed E-state index contributed by atoms with van der Waals surface area (Å²) in [6.07, 6.45) is 4.38. The average molecular weight is 266 g/mol. The highest BCUT2D eigenvalue weighted by Crippen LogP contribution is 2.40. The number of halogens is 1. The predicted molar refractivity (Wildman–Crippen MR) is 70.0 cm³/mol. The van der Waals surface area contributed by atoms with Crippen molar-refractivity contribution in [2.45, 2.75) is 37.5 Å². The summed E-state index contributed by atoms with van der Waals surface area (Å²) in [6, 6.07) is 4.70. The van der Waals surface area contributed by atoms with Gasteiger partial charge in [-0.25, -0.2) is 10.2 Å². The van der Waals surface area contributed by atoms with Crippen LogP contribution in [0.15, 0.2) is 18.2 Å². The highest BCUT2D eigenvalue weighted by molar-refractivity contribution is 5.87. The zero-order chi connectivity index (χ0) is 13.9. The minimum atomic E-state index is -0.708. The minimum Gasteiger partial charge on any atom is -0.494 e. The Morgan fingerprint density at radius 1 is 1.37 bits per heavy atom. The molecule has 0 aromatic heterocycles. The van der Waals surface area contributed by atoms with Gasteiger partial charge in [-0.3, -0.25) is 10.2 Å². The molecule has 1 saturated carbocycles. The lowest BCUT2D eigenvalue weighted by Gasteiger charge is -2.35. The normalized spacial score (nSPS) is 17.8. The van der Waals surface area contributed by atoms with E-state index in [9.17, 15) is 9.18 Å². The highest BCUT2D eigenvalue weighted by atomic mass is 19.1. The molecule has 1 aliphatic rings. The maximum Gasteiger partial charge on any atom is 0.244 e. The van der Waals surface area contributed by atoms with Gasteiger partial charge in [-0.2, -0.15) is 0 Å². The van der Waals surface area contributed by atoms with Crippen LogP contribution in [0.25, 0.3) is 0 Å². The Balaban J connectivity index is 2.43. The zero-order valence-electron chi connectivity index (χ0n) is 11.0. The van der Waals surface area contributed by atoms with Crippen molar-refractivity contribution in [3.05, 3.63) is 29.6 Å². The van der Waals surface area contributed by atoms with Gasteiger partial charge in [0.05, 0.1) is 12.5 Å². The topological polar surface area (TPSA) is 64.3 Å². The maximum atomic E-state index is 13.9. The number of hydrogen-bond acceptors (Lipinski definition) is 3. The number of carbonyl (C=O) groups excluding carboxylic acids is 1. The van der Waals surface area contributed by atoms with Crippen molar-refractivity contribution in [2.75, 3.05) is 7.11 Å². The number of amides is 1. The van der Waals surface area contributed by atoms with Gasteiger partial charge in [-0.1, -0.05) is 25.3 Å². The third kappa shape index (κ3) is 2.42. The number of benzene rings is 1. The van der Waals surface area contributed by atoms with E-state index in [2.05, 4.69) is 5.43 Å². The SMILES string of the molecule is COc1ccc(C2(C(=O)NN)CCCCC2)cc1F. The molecular weight excluding hydrogens is 247 g/mol. The Labute approximate surface area is 112 Å². The smallest absolute Gasteiger partial charge is 0.244 e. The van der Waals surface area contributed by atoms with Gasteiger partial charge in [0.25, 0.3) is 0 Å². The van der Waals surface area contributed by atoms with Crippen molar-refractivity contribution < 1.29 is 13.9 Å². The molecule has 4 nitrogen and oxygen atoms in total. The quantitative estimate of drug-likeness (QED) is 0.500. The molecule has 0 spiro atoms. The molecule has 0 unspecified atom stereocenters. The van der Waals surface area contributed by atoms with Crippen LogP contribution in [0.3, 0.4) is 0 Å². The summed E-state index contributed by atoms with van der Waals surface area (Å²) in [7, 11) is 1.42. The van der Waals surface area contributed by atoms with Crippen molar-refractivity contribution in [1.82, 2.24) is 5.43 Å². The molecule has 0 radical (unpaired) electrons. The van der Waals surface area contributed by atoms with Gasteiger partial charge in [0.15, 0.2) is 11.6 Å². The molecule has 2 rings (SSSR count). The first-order valence-electron chi connectivity index (χ1n) is 6.49. The van der Waals surface area contributed by atoms with E-state index in [-0.39, 0.29) is 11.7 Å². The van der Waals surface area contributed by atoms with E-state index in [4.69, 9.17) is 10.6 Å². The number of nitrogens with two attached hydrogens (primary N) is 1. The van der Waals surface area contributed by atoms with Crippen molar-refractivity contribution in [2.24, 2.45) is 5.84 Å². The van der Waals surface area contributed by atoms with Crippen LogP contribution in [0.2, 0.25) is 0 Å². The van der Waals surface area contributed by atoms with E-state index < -0.39 is 11.2 Å². The second-order valence-electron chi connectivity index (χ2n) is 4.97. The van der Waals surface area contributed by atoms with Crippen molar-refractivity contribution >= 4 is 5.91 Å². The van der Waals surface area contributed by atoms with E-state index in [1.54, 1.807) is 12.1 Å². The number of nitrogens with one attached hydrogen (secondary N) is 1. The van der Waals surface area contributed by atoms with Gasteiger partial charge in [-0.05, 0) is 30.5 Å². The van der Waals surface area contributed by atoms with Crippen LogP contribution in [0.4, 0.5) is 4.39 Å². The van der Waals surface area contributed by atoms with Gasteiger partial charge in [0, 0.05) is 0 Å². The fourth-order valence-electron chi connectivity index (χ4n) is 2.90. The molecule has 1 aliphatic carbocycles. The van der Waals surface area contributed by atoms with Crippen molar-refractivity contribution in [3.63, 3.8) is 0 Å². The molecular formula is C14H19FN2O2. The first-order chi connectivity index (χ1) is 9.14. The summed E-state index contributed by atoms with van der Waals surface area (Å²) in [4.78, 5) is 12.2. The molecule has 19 heavy (non-hydrogen) atoms. The summed E-state index contributed by atoms with van der Waals surface area (Å²) < 4.78 is 18.8. The number of rotatable bonds is 3. The first kappa shape index (κ1) is 13.8. The van der Waals surface area contributed by atoms with E-state index in [1.165, 1.54) is 13.2 Å². The van der Waals surface area contributed by atoms with Gasteiger partial charge < -0.3 is 4.74 Å². The number of hydrazine groups is 1. The molecule has 1 aromatic carbocycles. The summed E-state index contributed by atoms with van der Waals surface area (Å²) in [5, 5.41) is 0. The summed E-state index contributed by atoms with van der Waals surface area (Å²) in [5.41, 5.74) is 2.20. The minimum absolute atomic E-state index is 0.183. The number of ether oxygens (including phenoxy) is 1. The van der Waals surface area contributed by atoms with E-state index >= 15 is 0 Å². The van der Waals surface area contributed by atoms with E-state index in [0.29, 0.717) is 18.4 Å². The van der Waals surface area contributed by atoms with E-state index in [1.807, 2.05) is 0 Å². The third-order valence-corrected chi connectivity index (χ3v) is 3.98. The van der Waals surface area contributed by atoms with E-state index in [0.717, 1.165) is 19.3 Å². The third-order valence-electron chi connectivity index (χ3n) is 3.98. The molecule has 0 bridgehead atoms. The lowest BCUT2D eigenvalue weighted by molar-refractivity contribution is -0.128. The van der Waals surface area contributed by atoms with Crippen LogP contribution < -0.4 is 16.0 Å². The summed E-state index contributed by atoms with van der Waals surface area (Å²) in [6.45, 7) is 0. The zero-order valence-corrected chi connectivity index (χ0v) is 11.0.